The molecule has 0 radical (unpaired) electrons. The van der Waals surface area contributed by atoms with Crippen molar-refractivity contribution in [3.05, 3.63) is 0 Å². The number of fused-ring (bicyclic) bond motifs is 1. The first kappa shape index (κ1) is 26.9. The molecule has 8 heteroatoms. The van der Waals surface area contributed by atoms with Crippen molar-refractivity contribution in [3.8, 4) is 0 Å². The highest BCUT2D eigenvalue weighted by Gasteiger charge is 2.79. The summed E-state index contributed by atoms with van der Waals surface area (Å²) in [5, 5.41) is 16.4. The maximum atomic E-state index is 14.1. The van der Waals surface area contributed by atoms with Gasteiger partial charge in [0, 0.05) is 12.6 Å². The standard InChI is InChI=1S/C26H45N3O5/c1-7-10-17(6)28-23(32)21-26-12-11-25(9-3,34-26)19(22(31)27-13-8-2)20(26)24(33)29(21)18(15-30)14-16(4)5/h16-21,30H,7-15H2,1-6H3,(H,27,31)(H,28,32)/t17?,18-,19-,20+,21?,25+,26?/m1/s1. The van der Waals surface area contributed by atoms with E-state index in [-0.39, 0.29) is 36.3 Å². The number of hydrogen-bond donors (Lipinski definition) is 3. The molecule has 7 atom stereocenters. The first-order valence-electron chi connectivity index (χ1n) is 13.3. The van der Waals surface area contributed by atoms with Crippen molar-refractivity contribution < 1.29 is 24.2 Å². The molecule has 1 spiro atoms. The molecule has 34 heavy (non-hydrogen) atoms. The summed E-state index contributed by atoms with van der Waals surface area (Å²) in [6.45, 7) is 12.4. The van der Waals surface area contributed by atoms with E-state index in [0.29, 0.717) is 32.2 Å². The molecule has 2 bridgehead atoms. The summed E-state index contributed by atoms with van der Waals surface area (Å²) in [5.41, 5.74) is -1.77. The third kappa shape index (κ3) is 4.36. The Kier molecular flexibility index (Phi) is 8.33. The molecule has 3 aliphatic heterocycles. The highest BCUT2D eigenvalue weighted by Crippen LogP contribution is 2.64. The summed E-state index contributed by atoms with van der Waals surface area (Å²) in [6, 6.07) is -1.38. The van der Waals surface area contributed by atoms with Crippen LogP contribution < -0.4 is 10.6 Å². The summed E-state index contributed by atoms with van der Waals surface area (Å²) in [6.07, 6.45) is 4.96. The fraction of sp³-hybridized carbons (Fsp3) is 0.885. The molecule has 0 aromatic heterocycles. The van der Waals surface area contributed by atoms with E-state index in [0.717, 1.165) is 19.3 Å². The first-order chi connectivity index (χ1) is 16.1. The second-order valence-corrected chi connectivity index (χ2v) is 11.0. The number of aliphatic hydroxyl groups excluding tert-OH is 1. The molecular formula is C26H45N3O5. The van der Waals surface area contributed by atoms with Crippen LogP contribution in [0.2, 0.25) is 0 Å². The van der Waals surface area contributed by atoms with E-state index in [1.54, 1.807) is 4.90 Å². The number of hydrogen-bond acceptors (Lipinski definition) is 5. The molecule has 8 nitrogen and oxygen atoms in total. The van der Waals surface area contributed by atoms with E-state index in [1.807, 2.05) is 34.6 Å². The molecule has 0 aromatic carbocycles. The van der Waals surface area contributed by atoms with E-state index in [1.165, 1.54) is 0 Å². The van der Waals surface area contributed by atoms with Gasteiger partial charge in [0.1, 0.15) is 11.6 Å². The summed E-state index contributed by atoms with van der Waals surface area (Å²) in [4.78, 5) is 42.9. The number of carbonyl (C=O) groups is 3. The smallest absolute Gasteiger partial charge is 0.246 e. The molecule has 3 heterocycles. The number of ether oxygens (including phenoxy) is 1. The fourth-order valence-electron chi connectivity index (χ4n) is 6.75. The van der Waals surface area contributed by atoms with Gasteiger partial charge in [-0.1, -0.05) is 41.0 Å². The molecule has 3 unspecified atom stereocenters. The lowest BCUT2D eigenvalue weighted by molar-refractivity contribution is -0.151. The van der Waals surface area contributed by atoms with Crippen LogP contribution in [-0.4, -0.2) is 70.2 Å². The van der Waals surface area contributed by atoms with Crippen molar-refractivity contribution in [3.63, 3.8) is 0 Å². The number of likely N-dealkylation sites (tertiary alicyclic amines) is 1. The third-order valence-electron chi connectivity index (χ3n) is 8.16. The van der Waals surface area contributed by atoms with Gasteiger partial charge in [-0.15, -0.1) is 0 Å². The van der Waals surface area contributed by atoms with Crippen LogP contribution in [0.5, 0.6) is 0 Å². The second kappa shape index (κ2) is 10.5. The zero-order valence-corrected chi connectivity index (χ0v) is 21.9. The van der Waals surface area contributed by atoms with Crippen LogP contribution in [0, 0.1) is 17.8 Å². The molecule has 194 valence electrons. The second-order valence-electron chi connectivity index (χ2n) is 11.0. The molecule has 3 fully saturated rings. The minimum Gasteiger partial charge on any atom is -0.394 e. The van der Waals surface area contributed by atoms with Crippen molar-refractivity contribution in [2.75, 3.05) is 13.2 Å². The van der Waals surface area contributed by atoms with Crippen LogP contribution in [0.25, 0.3) is 0 Å². The Hall–Kier alpha value is -1.67. The molecule has 3 aliphatic rings. The fourth-order valence-corrected chi connectivity index (χ4v) is 6.75. The van der Waals surface area contributed by atoms with Crippen LogP contribution in [0.1, 0.15) is 86.5 Å². The number of carbonyl (C=O) groups excluding carboxylic acids is 3. The number of aliphatic hydroxyl groups is 1. The van der Waals surface area contributed by atoms with Crippen LogP contribution >= 0.6 is 0 Å². The Labute approximate surface area is 204 Å². The Morgan fingerprint density at radius 1 is 1.15 bits per heavy atom. The van der Waals surface area contributed by atoms with Gasteiger partial charge in [-0.25, -0.2) is 0 Å². The minimum atomic E-state index is -1.04. The average molecular weight is 480 g/mol. The quantitative estimate of drug-likeness (QED) is 0.398. The number of rotatable bonds is 12. The predicted octanol–water partition coefficient (Wildman–Crippen LogP) is 2.38. The first-order valence-corrected chi connectivity index (χ1v) is 13.3. The SMILES string of the molecule is CCCNC(=O)[C@H]1[C@H]2C(=O)N([C@@H](CO)CC(C)C)C(C(=O)NC(C)CCC)C23CC[C@]1(CC)O3. The third-order valence-corrected chi connectivity index (χ3v) is 8.16. The molecule has 3 saturated heterocycles. The highest BCUT2D eigenvalue weighted by atomic mass is 16.5. The summed E-state index contributed by atoms with van der Waals surface area (Å²) in [5.74, 6) is -1.73. The normalized spacial score (nSPS) is 33.8. The van der Waals surface area contributed by atoms with Gasteiger partial charge in [-0.2, -0.15) is 0 Å². The minimum absolute atomic E-state index is 0.0371. The van der Waals surface area contributed by atoms with Gasteiger partial charge in [0.15, 0.2) is 0 Å². The van der Waals surface area contributed by atoms with Crippen molar-refractivity contribution >= 4 is 17.7 Å². The molecule has 3 amide bonds. The van der Waals surface area contributed by atoms with E-state index in [9.17, 15) is 19.5 Å². The van der Waals surface area contributed by atoms with Crippen molar-refractivity contribution in [1.82, 2.24) is 15.5 Å². The number of amides is 3. The molecule has 0 saturated carbocycles. The maximum Gasteiger partial charge on any atom is 0.246 e. The summed E-state index contributed by atoms with van der Waals surface area (Å²) in [7, 11) is 0. The molecule has 3 rings (SSSR count). The van der Waals surface area contributed by atoms with Crippen molar-refractivity contribution in [2.45, 2.75) is 116 Å². The maximum absolute atomic E-state index is 14.1. The van der Waals surface area contributed by atoms with E-state index in [4.69, 9.17) is 4.74 Å². The summed E-state index contributed by atoms with van der Waals surface area (Å²) < 4.78 is 6.74. The van der Waals surface area contributed by atoms with Gasteiger partial charge in [0.2, 0.25) is 17.7 Å². The topological polar surface area (TPSA) is 108 Å². The van der Waals surface area contributed by atoms with Gasteiger partial charge < -0.3 is 25.4 Å². The van der Waals surface area contributed by atoms with Crippen LogP contribution in [0.15, 0.2) is 0 Å². The number of nitrogens with zero attached hydrogens (tertiary/aromatic N) is 1. The Bertz CT molecular complexity index is 774. The van der Waals surface area contributed by atoms with Gasteiger partial charge in [0.05, 0.1) is 30.1 Å². The monoisotopic (exact) mass is 479 g/mol. The van der Waals surface area contributed by atoms with Gasteiger partial charge in [0.25, 0.3) is 0 Å². The predicted molar refractivity (Wildman–Crippen MR) is 130 cm³/mol. The van der Waals surface area contributed by atoms with Gasteiger partial charge in [-0.05, 0) is 51.4 Å². The van der Waals surface area contributed by atoms with E-state index < -0.39 is 35.1 Å². The Morgan fingerprint density at radius 2 is 1.85 bits per heavy atom. The molecule has 3 N–H and O–H groups in total. The molecule has 0 aromatic rings. The Morgan fingerprint density at radius 3 is 2.41 bits per heavy atom. The van der Waals surface area contributed by atoms with Gasteiger partial charge in [-0.3, -0.25) is 14.4 Å². The number of nitrogens with one attached hydrogen (secondary N) is 2. The van der Waals surface area contributed by atoms with Crippen LogP contribution in [0.4, 0.5) is 0 Å². The Balaban J connectivity index is 2.07. The lowest BCUT2D eigenvalue weighted by Crippen LogP contribution is -2.59. The van der Waals surface area contributed by atoms with Crippen LogP contribution in [-0.2, 0) is 19.1 Å². The van der Waals surface area contributed by atoms with E-state index >= 15 is 0 Å². The summed E-state index contributed by atoms with van der Waals surface area (Å²) >= 11 is 0. The highest BCUT2D eigenvalue weighted by molar-refractivity contribution is 5.99. The van der Waals surface area contributed by atoms with Crippen molar-refractivity contribution in [1.29, 1.82) is 0 Å². The average Bonchev–Trinajstić information content (AvgIpc) is 3.39. The zero-order chi connectivity index (χ0) is 25.3. The largest absolute Gasteiger partial charge is 0.394 e. The lowest BCUT2D eigenvalue weighted by Gasteiger charge is -2.38. The van der Waals surface area contributed by atoms with Gasteiger partial charge >= 0.3 is 0 Å². The molecular weight excluding hydrogens is 434 g/mol. The lowest BCUT2D eigenvalue weighted by atomic mass is 9.65. The van der Waals surface area contributed by atoms with E-state index in [2.05, 4.69) is 17.6 Å². The molecule has 0 aliphatic carbocycles. The zero-order valence-electron chi connectivity index (χ0n) is 21.9. The van der Waals surface area contributed by atoms with Crippen LogP contribution in [0.3, 0.4) is 0 Å². The van der Waals surface area contributed by atoms with Crippen molar-refractivity contribution in [2.24, 2.45) is 17.8 Å².